The Balaban J connectivity index is 1.69. The van der Waals surface area contributed by atoms with E-state index in [9.17, 15) is 19.5 Å². The zero-order valence-corrected chi connectivity index (χ0v) is 27.3. The van der Waals surface area contributed by atoms with Crippen molar-refractivity contribution in [2.45, 2.75) is 63.5 Å². The molecule has 3 amide bonds. The summed E-state index contributed by atoms with van der Waals surface area (Å²) >= 11 is 6.67. The lowest BCUT2D eigenvalue weighted by molar-refractivity contribution is -0.132. The topological polar surface area (TPSA) is 134 Å². The van der Waals surface area contributed by atoms with Gasteiger partial charge in [-0.1, -0.05) is 60.7 Å². The molecule has 0 saturated heterocycles. The summed E-state index contributed by atoms with van der Waals surface area (Å²) in [5.41, 5.74) is 8.64. The molecule has 3 aromatic rings. The van der Waals surface area contributed by atoms with E-state index in [-0.39, 0.29) is 30.4 Å². The Morgan fingerprint density at radius 2 is 1.35 bits per heavy atom. The van der Waals surface area contributed by atoms with Gasteiger partial charge in [-0.25, -0.2) is 0 Å². The van der Waals surface area contributed by atoms with Gasteiger partial charge in [-0.05, 0) is 106 Å². The van der Waals surface area contributed by atoms with Crippen molar-refractivity contribution in [2.75, 3.05) is 13.1 Å². The van der Waals surface area contributed by atoms with Gasteiger partial charge in [0.05, 0.1) is 8.95 Å². The minimum absolute atomic E-state index is 0.0434. The molecule has 230 valence electrons. The van der Waals surface area contributed by atoms with Crippen molar-refractivity contribution in [3.63, 3.8) is 0 Å². The van der Waals surface area contributed by atoms with Crippen molar-refractivity contribution in [3.8, 4) is 5.75 Å². The first-order chi connectivity index (χ1) is 20.8. The number of carbonyl (C=O) groups excluding carboxylic acids is 3. The van der Waals surface area contributed by atoms with E-state index in [1.165, 1.54) is 0 Å². The van der Waals surface area contributed by atoms with E-state index < -0.39 is 18.0 Å². The Kier molecular flexibility index (Phi) is 14.7. The molecule has 0 aliphatic heterocycles. The maximum absolute atomic E-state index is 13.7. The number of phenols is 1. The van der Waals surface area contributed by atoms with Crippen molar-refractivity contribution >= 4 is 49.6 Å². The van der Waals surface area contributed by atoms with Crippen LogP contribution in [-0.4, -0.2) is 48.0 Å². The second kappa shape index (κ2) is 18.5. The smallest absolute Gasteiger partial charge is 0.243 e. The van der Waals surface area contributed by atoms with Crippen LogP contribution >= 0.6 is 31.9 Å². The Labute approximate surface area is 270 Å². The van der Waals surface area contributed by atoms with Crippen molar-refractivity contribution in [1.29, 1.82) is 0 Å². The minimum atomic E-state index is -0.929. The van der Waals surface area contributed by atoms with Crippen LogP contribution in [0.25, 0.3) is 0 Å². The quantitative estimate of drug-likeness (QED) is 0.126. The number of unbranched alkanes of at least 4 members (excludes halogenated alkanes) is 1. The predicted molar refractivity (Wildman–Crippen MR) is 177 cm³/mol. The summed E-state index contributed by atoms with van der Waals surface area (Å²) in [4.78, 5) is 39.8. The fourth-order valence-electron chi connectivity index (χ4n) is 4.68. The van der Waals surface area contributed by atoms with Crippen LogP contribution < -0.4 is 21.7 Å². The van der Waals surface area contributed by atoms with Crippen LogP contribution in [0.15, 0.2) is 81.7 Å². The van der Waals surface area contributed by atoms with E-state index >= 15 is 0 Å². The second-order valence-corrected chi connectivity index (χ2v) is 12.2. The highest BCUT2D eigenvalue weighted by Gasteiger charge is 2.27. The lowest BCUT2D eigenvalue weighted by atomic mass is 10.0. The van der Waals surface area contributed by atoms with Crippen LogP contribution in [0.1, 0.15) is 48.8 Å². The summed E-state index contributed by atoms with van der Waals surface area (Å²) in [6, 6.07) is 21.5. The van der Waals surface area contributed by atoms with Crippen LogP contribution in [-0.2, 0) is 33.6 Å². The van der Waals surface area contributed by atoms with Gasteiger partial charge >= 0.3 is 0 Å². The number of hydrogen-bond donors (Lipinski definition) is 5. The van der Waals surface area contributed by atoms with E-state index in [0.717, 1.165) is 24.0 Å². The van der Waals surface area contributed by atoms with E-state index in [1.807, 2.05) is 60.7 Å². The molecule has 0 aliphatic carbocycles. The average Bonchev–Trinajstić information content (AvgIpc) is 3.00. The first-order valence-electron chi connectivity index (χ1n) is 14.6. The number of aryl methyl sites for hydroxylation is 1. The van der Waals surface area contributed by atoms with Gasteiger partial charge in [-0.15, -0.1) is 0 Å². The molecule has 3 aromatic carbocycles. The van der Waals surface area contributed by atoms with E-state index in [1.54, 1.807) is 12.1 Å². The molecule has 3 rings (SSSR count). The largest absolute Gasteiger partial charge is 0.506 e. The Morgan fingerprint density at radius 3 is 1.95 bits per heavy atom. The number of hydrogen-bond acceptors (Lipinski definition) is 5. The summed E-state index contributed by atoms with van der Waals surface area (Å²) in [6.45, 7) is 0.922. The van der Waals surface area contributed by atoms with Crippen LogP contribution in [0, 0.1) is 0 Å². The summed E-state index contributed by atoms with van der Waals surface area (Å²) in [5, 5.41) is 18.9. The fraction of sp³-hybridized carbons (Fsp3) is 0.364. The number of amides is 3. The standard InChI is InChI=1S/C33H40Br2N4O4/c34-26-20-25(21-27(35)31(26)41)22-29(38-30(40)16-9-14-23-10-3-1-4-11-23)33(43)39-28(15-7-8-18-36)32(42)37-19-17-24-12-5-2-6-13-24/h1-6,10-13,20-21,28-29,41H,7-9,14-19,22,36H2,(H,37,42)(H,38,40)(H,39,43)/t28-,29-/m1/s1. The van der Waals surface area contributed by atoms with Crippen molar-refractivity contribution in [1.82, 2.24) is 16.0 Å². The molecular weight excluding hydrogens is 676 g/mol. The molecule has 2 atom stereocenters. The Morgan fingerprint density at radius 1 is 0.744 bits per heavy atom. The number of rotatable bonds is 17. The molecule has 10 heteroatoms. The lowest BCUT2D eigenvalue weighted by Gasteiger charge is -2.24. The molecule has 6 N–H and O–H groups in total. The molecular formula is C33H40Br2N4O4. The number of aromatic hydroxyl groups is 1. The van der Waals surface area contributed by atoms with Crippen LogP contribution in [0.4, 0.5) is 0 Å². The third kappa shape index (κ3) is 12.1. The van der Waals surface area contributed by atoms with Crippen LogP contribution in [0.5, 0.6) is 5.75 Å². The highest BCUT2D eigenvalue weighted by Crippen LogP contribution is 2.33. The highest BCUT2D eigenvalue weighted by atomic mass is 79.9. The van der Waals surface area contributed by atoms with Crippen LogP contribution in [0.2, 0.25) is 0 Å². The summed E-state index contributed by atoms with van der Waals surface area (Å²) < 4.78 is 0.922. The van der Waals surface area contributed by atoms with Crippen molar-refractivity contribution in [3.05, 3.63) is 98.4 Å². The van der Waals surface area contributed by atoms with Gasteiger partial charge in [-0.2, -0.15) is 0 Å². The molecule has 0 aliphatic rings. The molecule has 43 heavy (non-hydrogen) atoms. The molecule has 0 unspecified atom stereocenters. The summed E-state index contributed by atoms with van der Waals surface area (Å²) in [6.07, 6.45) is 4.28. The van der Waals surface area contributed by atoms with Gasteiger partial charge in [0.25, 0.3) is 0 Å². The van der Waals surface area contributed by atoms with E-state index in [4.69, 9.17) is 5.73 Å². The molecule has 0 heterocycles. The zero-order chi connectivity index (χ0) is 31.0. The number of nitrogens with one attached hydrogen (secondary N) is 3. The van der Waals surface area contributed by atoms with Gasteiger partial charge in [0.2, 0.25) is 17.7 Å². The first-order valence-corrected chi connectivity index (χ1v) is 16.2. The van der Waals surface area contributed by atoms with Crippen LogP contribution in [0.3, 0.4) is 0 Å². The fourth-order valence-corrected chi connectivity index (χ4v) is 5.96. The number of carbonyl (C=O) groups is 3. The van der Waals surface area contributed by atoms with E-state index in [2.05, 4.69) is 47.8 Å². The minimum Gasteiger partial charge on any atom is -0.506 e. The zero-order valence-electron chi connectivity index (χ0n) is 24.2. The van der Waals surface area contributed by atoms with Gasteiger partial charge in [0.1, 0.15) is 17.8 Å². The van der Waals surface area contributed by atoms with Gasteiger partial charge in [-0.3, -0.25) is 14.4 Å². The number of phenolic OH excluding ortho intramolecular Hbond substituents is 1. The van der Waals surface area contributed by atoms with Gasteiger partial charge < -0.3 is 26.8 Å². The molecule has 0 bridgehead atoms. The number of benzene rings is 3. The normalized spacial score (nSPS) is 12.3. The molecule has 0 aromatic heterocycles. The maximum atomic E-state index is 13.7. The molecule has 0 spiro atoms. The molecule has 0 saturated carbocycles. The Bertz CT molecular complexity index is 1300. The lowest BCUT2D eigenvalue weighted by Crippen LogP contribution is -2.54. The first kappa shape index (κ1) is 34.3. The van der Waals surface area contributed by atoms with Gasteiger partial charge in [0, 0.05) is 19.4 Å². The van der Waals surface area contributed by atoms with Crippen molar-refractivity contribution in [2.24, 2.45) is 5.73 Å². The molecule has 0 radical (unpaired) electrons. The van der Waals surface area contributed by atoms with Crippen molar-refractivity contribution < 1.29 is 19.5 Å². The second-order valence-electron chi connectivity index (χ2n) is 10.4. The summed E-state index contributed by atoms with van der Waals surface area (Å²) in [5.74, 6) is -0.932. The SMILES string of the molecule is NCCCC[C@@H](NC(=O)[C@@H](Cc1cc(Br)c(O)c(Br)c1)NC(=O)CCCc1ccccc1)C(=O)NCCc1ccccc1. The summed E-state index contributed by atoms with van der Waals surface area (Å²) in [7, 11) is 0. The third-order valence-electron chi connectivity index (χ3n) is 7.02. The third-order valence-corrected chi connectivity index (χ3v) is 8.22. The predicted octanol–water partition coefficient (Wildman–Crippen LogP) is 4.94. The van der Waals surface area contributed by atoms with E-state index in [0.29, 0.717) is 53.3 Å². The average molecular weight is 717 g/mol. The number of nitrogens with two attached hydrogens (primary N) is 1. The van der Waals surface area contributed by atoms with Gasteiger partial charge in [0.15, 0.2) is 0 Å². The maximum Gasteiger partial charge on any atom is 0.243 e. The molecule has 8 nitrogen and oxygen atoms in total. The molecule has 0 fully saturated rings. The highest BCUT2D eigenvalue weighted by molar-refractivity contribution is 9.11. The number of halogens is 2. The Hall–Kier alpha value is -3.21. The monoisotopic (exact) mass is 714 g/mol.